The number of hydrogen-bond donors (Lipinski definition) is 0. The Balaban J connectivity index is 1.44. The summed E-state index contributed by atoms with van der Waals surface area (Å²) in [5, 5.41) is 0. The van der Waals surface area contributed by atoms with Crippen LogP contribution < -0.4 is 0 Å². The maximum Gasteiger partial charge on any atom is 0.262 e. The van der Waals surface area contributed by atoms with E-state index in [1.807, 2.05) is 57.2 Å². The highest BCUT2D eigenvalue weighted by Crippen LogP contribution is 2.41. The third-order valence-corrected chi connectivity index (χ3v) is 8.85. The molecule has 3 aromatic rings. The maximum absolute atomic E-state index is 14.2. The number of benzene rings is 3. The molecule has 236 valence electrons. The van der Waals surface area contributed by atoms with Crippen LogP contribution in [0.3, 0.4) is 0 Å². The first-order valence-corrected chi connectivity index (χ1v) is 15.3. The number of imide groups is 3. The van der Waals surface area contributed by atoms with Gasteiger partial charge in [0.15, 0.2) is 0 Å². The van der Waals surface area contributed by atoms with Crippen molar-refractivity contribution in [3.8, 4) is 0 Å². The van der Waals surface area contributed by atoms with Gasteiger partial charge < -0.3 is 0 Å². The van der Waals surface area contributed by atoms with Crippen LogP contribution in [0.4, 0.5) is 0 Å². The lowest BCUT2D eigenvalue weighted by Crippen LogP contribution is -2.33. The molecule has 0 spiro atoms. The molecule has 0 aromatic heterocycles. The largest absolute Gasteiger partial charge is 0.270 e. The molecular weight excluding hydrogens is 594 g/mol. The number of aryl methyl sites for hydroxylation is 3. The van der Waals surface area contributed by atoms with Gasteiger partial charge in [-0.1, -0.05) is 89.5 Å². The fraction of sp³-hybridized carbons (Fsp3) is 0.211. The number of amides is 6. The lowest BCUT2D eigenvalue weighted by atomic mass is 9.92. The minimum absolute atomic E-state index is 0.0144. The number of nitrogens with zero attached hydrogens (tertiary/aromatic N) is 3. The third kappa shape index (κ3) is 5.43. The molecule has 0 fully saturated rings. The van der Waals surface area contributed by atoms with Crippen LogP contribution in [0.15, 0.2) is 106 Å². The summed E-state index contributed by atoms with van der Waals surface area (Å²) in [6.45, 7) is 8.41. The standard InChI is InChI=1S/C38H33N3O6/c1-21-6-12-26(13-7-21)18-39-33(42)24(4)29(35(39)44)31-32(38(47)41(37(31)46)20-28-16-10-23(3)11-17-28)30-25(5)34(43)40(36(30)45)19-27-14-8-22(2)9-15-27/h6-17H,18-20H2,1-5H3. The molecule has 9 heteroatoms. The third-order valence-electron chi connectivity index (χ3n) is 8.85. The van der Waals surface area contributed by atoms with E-state index in [0.29, 0.717) is 16.7 Å². The number of carbonyl (C=O) groups is 6. The first-order valence-electron chi connectivity index (χ1n) is 15.3. The van der Waals surface area contributed by atoms with Crippen LogP contribution >= 0.6 is 0 Å². The number of rotatable bonds is 8. The lowest BCUT2D eigenvalue weighted by molar-refractivity contribution is -0.141. The highest BCUT2D eigenvalue weighted by Gasteiger charge is 2.51. The molecule has 0 atom stereocenters. The normalized spacial score (nSPS) is 17.2. The van der Waals surface area contributed by atoms with E-state index in [0.717, 1.165) is 31.4 Å². The van der Waals surface area contributed by atoms with Gasteiger partial charge in [0, 0.05) is 11.1 Å². The van der Waals surface area contributed by atoms with Crippen LogP contribution in [0.5, 0.6) is 0 Å². The summed E-state index contributed by atoms with van der Waals surface area (Å²) >= 11 is 0. The zero-order valence-electron chi connectivity index (χ0n) is 26.8. The summed E-state index contributed by atoms with van der Waals surface area (Å²) in [5.41, 5.74) is 3.90. The summed E-state index contributed by atoms with van der Waals surface area (Å²) < 4.78 is 0. The molecule has 47 heavy (non-hydrogen) atoms. The van der Waals surface area contributed by atoms with Crippen molar-refractivity contribution in [3.05, 3.63) is 140 Å². The van der Waals surface area contributed by atoms with E-state index < -0.39 is 35.4 Å². The molecule has 6 rings (SSSR count). The smallest absolute Gasteiger partial charge is 0.262 e. The molecule has 3 aromatic carbocycles. The van der Waals surface area contributed by atoms with Gasteiger partial charge in [-0.05, 0) is 51.3 Å². The maximum atomic E-state index is 14.2. The topological polar surface area (TPSA) is 112 Å². The van der Waals surface area contributed by atoms with Crippen molar-refractivity contribution in [3.63, 3.8) is 0 Å². The first kappa shape index (κ1) is 31.3. The monoisotopic (exact) mass is 627 g/mol. The molecule has 0 unspecified atom stereocenters. The minimum atomic E-state index is -0.809. The van der Waals surface area contributed by atoms with Crippen LogP contribution in [0.25, 0.3) is 0 Å². The first-order chi connectivity index (χ1) is 22.4. The van der Waals surface area contributed by atoms with Crippen molar-refractivity contribution in [2.45, 2.75) is 54.3 Å². The Morgan fingerprint density at radius 3 is 0.851 bits per heavy atom. The van der Waals surface area contributed by atoms with Crippen molar-refractivity contribution in [2.24, 2.45) is 0 Å². The highest BCUT2D eigenvalue weighted by atomic mass is 16.2. The van der Waals surface area contributed by atoms with Gasteiger partial charge in [-0.3, -0.25) is 43.5 Å². The van der Waals surface area contributed by atoms with Gasteiger partial charge in [0.1, 0.15) is 0 Å². The van der Waals surface area contributed by atoms with Gasteiger partial charge in [-0.2, -0.15) is 0 Å². The average Bonchev–Trinajstić information content (AvgIpc) is 3.49. The van der Waals surface area contributed by atoms with Gasteiger partial charge in [0.25, 0.3) is 35.4 Å². The van der Waals surface area contributed by atoms with E-state index in [1.165, 1.54) is 13.8 Å². The molecule has 0 saturated carbocycles. The van der Waals surface area contributed by atoms with Crippen molar-refractivity contribution in [1.29, 1.82) is 0 Å². The number of hydrogen-bond acceptors (Lipinski definition) is 6. The van der Waals surface area contributed by atoms with Gasteiger partial charge in [-0.15, -0.1) is 0 Å². The van der Waals surface area contributed by atoms with Crippen molar-refractivity contribution in [1.82, 2.24) is 14.7 Å². The number of carbonyl (C=O) groups excluding carboxylic acids is 6. The zero-order chi connectivity index (χ0) is 33.7. The molecule has 3 aliphatic rings. The molecule has 6 amide bonds. The van der Waals surface area contributed by atoms with Crippen molar-refractivity contribution < 1.29 is 28.8 Å². The van der Waals surface area contributed by atoms with Crippen LogP contribution in [-0.4, -0.2) is 50.1 Å². The minimum Gasteiger partial charge on any atom is -0.270 e. The van der Waals surface area contributed by atoms with E-state index in [4.69, 9.17) is 0 Å². The summed E-state index contributed by atoms with van der Waals surface area (Å²) in [4.78, 5) is 86.6. The van der Waals surface area contributed by atoms with Gasteiger partial charge in [0.2, 0.25) is 0 Å². The SMILES string of the molecule is CC1=C(C2=C(C3=C(C)C(=O)N(Cc4ccc(C)cc4)C3=O)C(=O)N(Cc3ccc(C)cc3)C2=O)C(=O)N(Cc2ccc(C)cc2)C1=O. The molecular formula is C38H33N3O6. The quantitative estimate of drug-likeness (QED) is 0.339. The molecule has 3 aliphatic heterocycles. The van der Waals surface area contributed by atoms with E-state index in [1.54, 1.807) is 36.4 Å². The molecule has 0 aliphatic carbocycles. The molecule has 0 bridgehead atoms. The van der Waals surface area contributed by atoms with E-state index in [-0.39, 0.29) is 53.1 Å². The van der Waals surface area contributed by atoms with Gasteiger partial charge in [0.05, 0.1) is 41.9 Å². The zero-order valence-corrected chi connectivity index (χ0v) is 26.8. The molecule has 0 N–H and O–H groups in total. The summed E-state index contributed by atoms with van der Waals surface area (Å²) in [6, 6.07) is 21.9. The van der Waals surface area contributed by atoms with Crippen LogP contribution in [0.2, 0.25) is 0 Å². The van der Waals surface area contributed by atoms with Crippen molar-refractivity contribution in [2.75, 3.05) is 0 Å². The second-order valence-corrected chi connectivity index (χ2v) is 12.3. The van der Waals surface area contributed by atoms with Gasteiger partial charge in [-0.25, -0.2) is 0 Å². The molecule has 0 saturated heterocycles. The second-order valence-electron chi connectivity index (χ2n) is 12.3. The Hall–Kier alpha value is -5.70. The molecule has 9 nitrogen and oxygen atoms in total. The Kier molecular flexibility index (Phi) is 7.93. The lowest BCUT2D eigenvalue weighted by Gasteiger charge is -2.17. The summed E-state index contributed by atoms with van der Waals surface area (Å²) in [5.74, 6) is -4.31. The Morgan fingerprint density at radius 2 is 0.574 bits per heavy atom. The Morgan fingerprint density at radius 1 is 0.340 bits per heavy atom. The Labute approximate surface area is 272 Å². The van der Waals surface area contributed by atoms with Crippen LogP contribution in [0, 0.1) is 20.8 Å². The predicted octanol–water partition coefficient (Wildman–Crippen LogP) is 4.55. The predicted molar refractivity (Wildman–Crippen MR) is 173 cm³/mol. The Bertz CT molecular complexity index is 1880. The van der Waals surface area contributed by atoms with Gasteiger partial charge >= 0.3 is 0 Å². The van der Waals surface area contributed by atoms with Crippen LogP contribution in [0.1, 0.15) is 47.2 Å². The summed E-state index contributed by atoms with van der Waals surface area (Å²) in [6.07, 6.45) is 0. The fourth-order valence-electron chi connectivity index (χ4n) is 6.08. The second kappa shape index (κ2) is 11.9. The molecule has 3 heterocycles. The summed E-state index contributed by atoms with van der Waals surface area (Å²) in [7, 11) is 0. The molecule has 0 radical (unpaired) electrons. The fourth-order valence-corrected chi connectivity index (χ4v) is 6.08. The van der Waals surface area contributed by atoms with E-state index >= 15 is 0 Å². The average molecular weight is 628 g/mol. The van der Waals surface area contributed by atoms with Crippen molar-refractivity contribution >= 4 is 35.4 Å². The van der Waals surface area contributed by atoms with Crippen LogP contribution in [-0.2, 0) is 48.4 Å². The highest BCUT2D eigenvalue weighted by molar-refractivity contribution is 6.35. The van der Waals surface area contributed by atoms with E-state index in [9.17, 15) is 28.8 Å². The van der Waals surface area contributed by atoms with E-state index in [2.05, 4.69) is 0 Å².